The topological polar surface area (TPSA) is 38.0 Å². The highest BCUT2D eigenvalue weighted by Gasteiger charge is 2.15. The van der Waals surface area contributed by atoms with Gasteiger partial charge in [0.1, 0.15) is 0 Å². The Kier molecular flexibility index (Phi) is 2.96. The van der Waals surface area contributed by atoms with Crippen molar-refractivity contribution in [3.63, 3.8) is 0 Å². The third kappa shape index (κ3) is 1.69. The van der Waals surface area contributed by atoms with E-state index < -0.39 is 0 Å². The Balaban J connectivity index is 3.18. The Morgan fingerprint density at radius 2 is 1.92 bits per heavy atom. The summed E-state index contributed by atoms with van der Waals surface area (Å²) >= 11 is 0. The maximum absolute atomic E-state index is 9.81. The largest absolute Gasteiger partial charge is 0.493 e. The number of nitrogens with zero attached hydrogens (tertiary/aromatic N) is 2. The molecule has 0 fully saturated rings. The van der Waals surface area contributed by atoms with Gasteiger partial charge < -0.3 is 5.11 Å². The Labute approximate surface area is 79.4 Å². The van der Waals surface area contributed by atoms with Crippen molar-refractivity contribution in [1.29, 1.82) is 0 Å². The van der Waals surface area contributed by atoms with Gasteiger partial charge >= 0.3 is 0 Å². The van der Waals surface area contributed by atoms with Crippen LogP contribution in [0.25, 0.3) is 0 Å². The minimum atomic E-state index is 0.227. The summed E-state index contributed by atoms with van der Waals surface area (Å²) in [5.74, 6) is 0.342. The van der Waals surface area contributed by atoms with Gasteiger partial charge in [0.2, 0.25) is 5.88 Å². The summed E-state index contributed by atoms with van der Waals surface area (Å²) in [7, 11) is 0. The van der Waals surface area contributed by atoms with E-state index in [1.54, 1.807) is 4.68 Å². The van der Waals surface area contributed by atoms with Gasteiger partial charge in [-0.2, -0.15) is 5.10 Å². The zero-order valence-electron chi connectivity index (χ0n) is 8.83. The van der Waals surface area contributed by atoms with Crippen molar-refractivity contribution >= 4 is 0 Å². The smallest absolute Gasteiger partial charge is 0.213 e. The van der Waals surface area contributed by atoms with Crippen LogP contribution in [-0.2, 0) is 12.8 Å². The van der Waals surface area contributed by atoms with Gasteiger partial charge in [0.05, 0.1) is 11.7 Å². The SMILES string of the molecule is CCc1nn(C(C)C)c(O)c1CC. The summed E-state index contributed by atoms with van der Waals surface area (Å²) in [6, 6.07) is 0.227. The summed E-state index contributed by atoms with van der Waals surface area (Å²) in [4.78, 5) is 0. The van der Waals surface area contributed by atoms with E-state index in [2.05, 4.69) is 12.0 Å². The molecule has 3 nitrogen and oxygen atoms in total. The summed E-state index contributed by atoms with van der Waals surface area (Å²) < 4.78 is 1.69. The van der Waals surface area contributed by atoms with Crippen LogP contribution >= 0.6 is 0 Å². The summed E-state index contributed by atoms with van der Waals surface area (Å²) in [6.07, 6.45) is 1.73. The maximum Gasteiger partial charge on any atom is 0.213 e. The van der Waals surface area contributed by atoms with Crippen LogP contribution in [0.4, 0.5) is 0 Å². The molecule has 1 heterocycles. The first-order valence-corrected chi connectivity index (χ1v) is 4.91. The minimum Gasteiger partial charge on any atom is -0.493 e. The first-order chi connectivity index (χ1) is 6.11. The highest BCUT2D eigenvalue weighted by atomic mass is 16.3. The Hall–Kier alpha value is -0.990. The fourth-order valence-electron chi connectivity index (χ4n) is 1.51. The van der Waals surface area contributed by atoms with Crippen molar-refractivity contribution in [2.24, 2.45) is 0 Å². The number of hydrogen-bond acceptors (Lipinski definition) is 2. The molecule has 1 rings (SSSR count). The third-order valence-electron chi connectivity index (χ3n) is 2.24. The number of aryl methyl sites for hydroxylation is 1. The van der Waals surface area contributed by atoms with Crippen LogP contribution in [0.3, 0.4) is 0 Å². The molecule has 0 unspecified atom stereocenters. The van der Waals surface area contributed by atoms with Gasteiger partial charge in [-0.25, -0.2) is 4.68 Å². The van der Waals surface area contributed by atoms with Crippen LogP contribution < -0.4 is 0 Å². The van der Waals surface area contributed by atoms with Crippen LogP contribution in [0, 0.1) is 0 Å². The van der Waals surface area contributed by atoms with Crippen LogP contribution in [0.1, 0.15) is 45.0 Å². The van der Waals surface area contributed by atoms with Crippen molar-refractivity contribution in [1.82, 2.24) is 9.78 Å². The molecule has 0 radical (unpaired) electrons. The molecule has 0 atom stereocenters. The van der Waals surface area contributed by atoms with Crippen molar-refractivity contribution in [3.8, 4) is 5.88 Å². The second-order valence-electron chi connectivity index (χ2n) is 3.49. The Bertz CT molecular complexity index is 289. The van der Waals surface area contributed by atoms with Gasteiger partial charge in [-0.3, -0.25) is 0 Å². The zero-order valence-corrected chi connectivity index (χ0v) is 8.83. The first kappa shape index (κ1) is 10.1. The van der Waals surface area contributed by atoms with Crippen LogP contribution in [0.2, 0.25) is 0 Å². The van der Waals surface area contributed by atoms with E-state index in [1.807, 2.05) is 20.8 Å². The molecule has 0 saturated heterocycles. The van der Waals surface area contributed by atoms with Gasteiger partial charge in [0.25, 0.3) is 0 Å². The fourth-order valence-corrected chi connectivity index (χ4v) is 1.51. The molecule has 1 aromatic heterocycles. The van der Waals surface area contributed by atoms with E-state index in [4.69, 9.17) is 0 Å². The van der Waals surface area contributed by atoms with E-state index >= 15 is 0 Å². The van der Waals surface area contributed by atoms with E-state index in [-0.39, 0.29) is 6.04 Å². The maximum atomic E-state index is 9.81. The average molecular weight is 182 g/mol. The lowest BCUT2D eigenvalue weighted by Gasteiger charge is -2.06. The molecular formula is C10H18N2O. The highest BCUT2D eigenvalue weighted by molar-refractivity contribution is 5.30. The van der Waals surface area contributed by atoms with E-state index in [9.17, 15) is 5.11 Å². The van der Waals surface area contributed by atoms with Crippen LogP contribution in [-0.4, -0.2) is 14.9 Å². The van der Waals surface area contributed by atoms with Gasteiger partial charge in [-0.05, 0) is 26.7 Å². The van der Waals surface area contributed by atoms with E-state index in [0.717, 1.165) is 24.1 Å². The molecule has 0 aromatic carbocycles. The van der Waals surface area contributed by atoms with Crippen LogP contribution in [0.5, 0.6) is 5.88 Å². The van der Waals surface area contributed by atoms with Crippen molar-refractivity contribution in [2.75, 3.05) is 0 Å². The number of rotatable bonds is 3. The molecule has 0 aliphatic heterocycles. The lowest BCUT2D eigenvalue weighted by atomic mass is 10.1. The lowest BCUT2D eigenvalue weighted by Crippen LogP contribution is -2.02. The molecule has 0 spiro atoms. The van der Waals surface area contributed by atoms with Crippen molar-refractivity contribution in [2.45, 2.75) is 46.6 Å². The van der Waals surface area contributed by atoms with Crippen molar-refractivity contribution in [3.05, 3.63) is 11.3 Å². The minimum absolute atomic E-state index is 0.227. The Morgan fingerprint density at radius 1 is 1.31 bits per heavy atom. The summed E-state index contributed by atoms with van der Waals surface area (Å²) in [6.45, 7) is 8.14. The standard InChI is InChI=1S/C10H18N2O/c1-5-8-9(6-2)11-12(7(3)4)10(8)13/h7,13H,5-6H2,1-4H3. The molecule has 0 aliphatic carbocycles. The summed E-state index contributed by atoms with van der Waals surface area (Å²) in [5, 5.41) is 14.2. The normalized spacial score (nSPS) is 11.2. The summed E-state index contributed by atoms with van der Waals surface area (Å²) in [5.41, 5.74) is 2.02. The molecule has 13 heavy (non-hydrogen) atoms. The first-order valence-electron chi connectivity index (χ1n) is 4.91. The zero-order chi connectivity index (χ0) is 10.0. The Morgan fingerprint density at radius 3 is 2.23 bits per heavy atom. The monoisotopic (exact) mass is 182 g/mol. The molecule has 0 amide bonds. The molecule has 0 saturated carbocycles. The third-order valence-corrected chi connectivity index (χ3v) is 2.24. The lowest BCUT2D eigenvalue weighted by molar-refractivity contribution is 0.373. The van der Waals surface area contributed by atoms with Crippen molar-refractivity contribution < 1.29 is 5.11 Å². The quantitative estimate of drug-likeness (QED) is 0.778. The number of hydrogen-bond donors (Lipinski definition) is 1. The average Bonchev–Trinajstić information content (AvgIpc) is 2.41. The molecule has 74 valence electrons. The van der Waals surface area contributed by atoms with Crippen LogP contribution in [0.15, 0.2) is 0 Å². The highest BCUT2D eigenvalue weighted by Crippen LogP contribution is 2.25. The predicted molar refractivity (Wildman–Crippen MR) is 53.0 cm³/mol. The molecule has 1 N–H and O–H groups in total. The van der Waals surface area contributed by atoms with Gasteiger partial charge in [0, 0.05) is 5.56 Å². The van der Waals surface area contributed by atoms with E-state index in [1.165, 1.54) is 0 Å². The molecule has 0 aliphatic rings. The molecular weight excluding hydrogens is 164 g/mol. The second kappa shape index (κ2) is 3.81. The van der Waals surface area contributed by atoms with Gasteiger partial charge in [0.15, 0.2) is 0 Å². The predicted octanol–water partition coefficient (Wildman–Crippen LogP) is 2.29. The molecule has 0 bridgehead atoms. The number of aromatic nitrogens is 2. The van der Waals surface area contributed by atoms with Gasteiger partial charge in [-0.15, -0.1) is 0 Å². The number of aromatic hydroxyl groups is 1. The van der Waals surface area contributed by atoms with Gasteiger partial charge in [-0.1, -0.05) is 13.8 Å². The second-order valence-corrected chi connectivity index (χ2v) is 3.49. The fraction of sp³-hybridized carbons (Fsp3) is 0.700. The van der Waals surface area contributed by atoms with E-state index in [0.29, 0.717) is 5.88 Å². The molecule has 1 aromatic rings. The molecule has 3 heteroatoms.